The highest BCUT2D eigenvalue weighted by atomic mass is 16.5. The number of hydrogen-bond donors (Lipinski definition) is 1. The van der Waals surface area contributed by atoms with Crippen molar-refractivity contribution in [1.29, 1.82) is 0 Å². The van der Waals surface area contributed by atoms with Crippen molar-refractivity contribution < 1.29 is 18.7 Å². The molecular formula is C14H13NO4. The molecule has 0 radical (unpaired) electrons. The van der Waals surface area contributed by atoms with Crippen molar-refractivity contribution in [2.24, 2.45) is 0 Å². The number of nitrogens with one attached hydrogen (secondary N) is 1. The molecule has 0 unspecified atom stereocenters. The van der Waals surface area contributed by atoms with E-state index in [4.69, 9.17) is 9.15 Å². The second-order valence-corrected chi connectivity index (χ2v) is 3.90. The molecule has 2 aromatic rings. The molecule has 1 N–H and O–H groups in total. The Bertz CT molecular complexity index is 598. The molecule has 5 heteroatoms. The summed E-state index contributed by atoms with van der Waals surface area (Å²) in [7, 11) is 1.59. The van der Waals surface area contributed by atoms with Crippen LogP contribution in [-0.2, 0) is 4.79 Å². The van der Waals surface area contributed by atoms with Crippen molar-refractivity contribution in [3.63, 3.8) is 0 Å². The summed E-state index contributed by atoms with van der Waals surface area (Å²) >= 11 is 0. The highest BCUT2D eigenvalue weighted by Gasteiger charge is 2.13. The van der Waals surface area contributed by atoms with Crippen LogP contribution in [0.1, 0.15) is 17.5 Å². The van der Waals surface area contributed by atoms with Crippen LogP contribution in [0.5, 0.6) is 5.75 Å². The van der Waals surface area contributed by atoms with Gasteiger partial charge in [0.1, 0.15) is 11.5 Å². The molecule has 0 fully saturated rings. The minimum Gasteiger partial charge on any atom is -0.497 e. The molecule has 0 saturated carbocycles. The van der Waals surface area contributed by atoms with Gasteiger partial charge in [-0.1, -0.05) is 0 Å². The molecule has 98 valence electrons. The Hall–Kier alpha value is -2.56. The van der Waals surface area contributed by atoms with Gasteiger partial charge < -0.3 is 9.15 Å². The number of hydrogen-bond acceptors (Lipinski definition) is 4. The molecule has 0 aliphatic rings. The second kappa shape index (κ2) is 5.39. The van der Waals surface area contributed by atoms with E-state index in [2.05, 4.69) is 5.32 Å². The fourth-order valence-electron chi connectivity index (χ4n) is 1.59. The van der Waals surface area contributed by atoms with Crippen molar-refractivity contribution >= 4 is 11.8 Å². The molecule has 0 bridgehead atoms. The van der Waals surface area contributed by atoms with E-state index in [9.17, 15) is 9.59 Å². The Kier molecular flexibility index (Phi) is 3.66. The topological polar surface area (TPSA) is 68.5 Å². The van der Waals surface area contributed by atoms with Crippen LogP contribution in [0.25, 0.3) is 11.3 Å². The van der Waals surface area contributed by atoms with Gasteiger partial charge in [-0.2, -0.15) is 0 Å². The lowest BCUT2D eigenvalue weighted by Crippen LogP contribution is -2.27. The predicted octanol–water partition coefficient (Wildman–Crippen LogP) is 2.23. The van der Waals surface area contributed by atoms with Crippen LogP contribution in [0.3, 0.4) is 0 Å². The fraction of sp³-hybridized carbons (Fsp3) is 0.143. The standard InChI is InChI=1S/C14H13NO4/c1-9(16)15-14(17)13-8-7-12(19-13)10-3-5-11(18-2)6-4-10/h3-8H,1-2H3,(H,15,16,17). The minimum atomic E-state index is -0.549. The van der Waals surface area contributed by atoms with E-state index in [1.54, 1.807) is 25.3 Å². The van der Waals surface area contributed by atoms with Crippen LogP contribution < -0.4 is 10.1 Å². The fourth-order valence-corrected chi connectivity index (χ4v) is 1.59. The van der Waals surface area contributed by atoms with Gasteiger partial charge in [0.15, 0.2) is 5.76 Å². The van der Waals surface area contributed by atoms with Gasteiger partial charge in [-0.15, -0.1) is 0 Å². The molecule has 5 nitrogen and oxygen atoms in total. The smallest absolute Gasteiger partial charge is 0.293 e. The first-order chi connectivity index (χ1) is 9.10. The van der Waals surface area contributed by atoms with E-state index in [1.807, 2.05) is 12.1 Å². The number of methoxy groups -OCH3 is 1. The number of ether oxygens (including phenoxy) is 1. The first-order valence-electron chi connectivity index (χ1n) is 5.66. The summed E-state index contributed by atoms with van der Waals surface area (Å²) in [6, 6.07) is 10.4. The molecule has 0 aliphatic heterocycles. The summed E-state index contributed by atoms with van der Waals surface area (Å²) in [5, 5.41) is 2.15. The van der Waals surface area contributed by atoms with Crippen LogP contribution >= 0.6 is 0 Å². The second-order valence-electron chi connectivity index (χ2n) is 3.90. The highest BCUT2D eigenvalue weighted by Crippen LogP contribution is 2.24. The quantitative estimate of drug-likeness (QED) is 0.917. The average molecular weight is 259 g/mol. The lowest BCUT2D eigenvalue weighted by Gasteiger charge is -2.01. The maximum absolute atomic E-state index is 11.6. The van der Waals surface area contributed by atoms with Gasteiger partial charge in [-0.3, -0.25) is 14.9 Å². The third-order valence-electron chi connectivity index (χ3n) is 2.49. The number of carbonyl (C=O) groups is 2. The molecule has 19 heavy (non-hydrogen) atoms. The number of benzene rings is 1. The Labute approximate surface area is 110 Å². The van der Waals surface area contributed by atoms with Crippen LogP contribution in [0.2, 0.25) is 0 Å². The third kappa shape index (κ3) is 3.01. The molecule has 1 aromatic carbocycles. The Morgan fingerprint density at radius 1 is 1.11 bits per heavy atom. The molecule has 2 amide bonds. The van der Waals surface area contributed by atoms with Gasteiger partial charge in [0.25, 0.3) is 5.91 Å². The van der Waals surface area contributed by atoms with Crippen LogP contribution in [0.4, 0.5) is 0 Å². The molecule has 0 spiro atoms. The molecule has 0 saturated heterocycles. The summed E-state index contributed by atoms with van der Waals surface area (Å²) in [6.07, 6.45) is 0. The van der Waals surface area contributed by atoms with E-state index in [0.717, 1.165) is 11.3 Å². The molecular weight excluding hydrogens is 246 g/mol. The zero-order valence-electron chi connectivity index (χ0n) is 10.6. The Morgan fingerprint density at radius 2 is 1.79 bits per heavy atom. The summed E-state index contributed by atoms with van der Waals surface area (Å²) in [6.45, 7) is 1.27. The Morgan fingerprint density at radius 3 is 2.37 bits per heavy atom. The average Bonchev–Trinajstić information content (AvgIpc) is 2.88. The van der Waals surface area contributed by atoms with Crippen LogP contribution in [-0.4, -0.2) is 18.9 Å². The normalized spacial score (nSPS) is 10.0. The number of imide groups is 1. The number of furan rings is 1. The first-order valence-corrected chi connectivity index (χ1v) is 5.66. The van der Waals surface area contributed by atoms with E-state index in [-0.39, 0.29) is 5.76 Å². The van der Waals surface area contributed by atoms with Crippen LogP contribution in [0.15, 0.2) is 40.8 Å². The molecule has 1 heterocycles. The van der Waals surface area contributed by atoms with Gasteiger partial charge in [0.2, 0.25) is 5.91 Å². The SMILES string of the molecule is COc1ccc(-c2ccc(C(=O)NC(C)=O)o2)cc1. The highest BCUT2D eigenvalue weighted by molar-refractivity contribution is 6.02. The minimum absolute atomic E-state index is 0.0982. The monoisotopic (exact) mass is 259 g/mol. The van der Waals surface area contributed by atoms with E-state index in [1.165, 1.54) is 13.0 Å². The van der Waals surface area contributed by atoms with Crippen LogP contribution in [0, 0.1) is 0 Å². The number of rotatable bonds is 3. The van der Waals surface area contributed by atoms with Crippen molar-refractivity contribution in [2.45, 2.75) is 6.92 Å². The zero-order chi connectivity index (χ0) is 13.8. The van der Waals surface area contributed by atoms with Crippen molar-refractivity contribution in [2.75, 3.05) is 7.11 Å². The summed E-state index contributed by atoms with van der Waals surface area (Å²) in [4.78, 5) is 22.3. The lowest BCUT2D eigenvalue weighted by molar-refractivity contribution is -0.118. The van der Waals surface area contributed by atoms with Gasteiger partial charge in [-0.05, 0) is 36.4 Å². The number of carbonyl (C=O) groups excluding carboxylic acids is 2. The molecule has 0 atom stereocenters. The zero-order valence-corrected chi connectivity index (χ0v) is 10.6. The molecule has 2 rings (SSSR count). The van der Waals surface area contributed by atoms with E-state index >= 15 is 0 Å². The maximum Gasteiger partial charge on any atom is 0.293 e. The lowest BCUT2D eigenvalue weighted by atomic mass is 10.2. The van der Waals surface area contributed by atoms with Gasteiger partial charge in [-0.25, -0.2) is 0 Å². The van der Waals surface area contributed by atoms with Crippen molar-refractivity contribution in [3.05, 3.63) is 42.2 Å². The largest absolute Gasteiger partial charge is 0.497 e. The molecule has 1 aromatic heterocycles. The summed E-state index contributed by atoms with van der Waals surface area (Å²) in [5.74, 6) is 0.418. The van der Waals surface area contributed by atoms with E-state index < -0.39 is 11.8 Å². The van der Waals surface area contributed by atoms with Gasteiger partial charge in [0.05, 0.1) is 7.11 Å². The summed E-state index contributed by atoms with van der Waals surface area (Å²) in [5.41, 5.74) is 0.822. The number of amides is 2. The van der Waals surface area contributed by atoms with E-state index in [0.29, 0.717) is 5.76 Å². The summed E-state index contributed by atoms with van der Waals surface area (Å²) < 4.78 is 10.5. The predicted molar refractivity (Wildman–Crippen MR) is 68.8 cm³/mol. The maximum atomic E-state index is 11.6. The van der Waals surface area contributed by atoms with Gasteiger partial charge in [0, 0.05) is 12.5 Å². The van der Waals surface area contributed by atoms with Crippen molar-refractivity contribution in [3.8, 4) is 17.1 Å². The van der Waals surface area contributed by atoms with Crippen molar-refractivity contribution in [1.82, 2.24) is 5.32 Å². The van der Waals surface area contributed by atoms with Gasteiger partial charge >= 0.3 is 0 Å². The Balaban J connectivity index is 2.20. The molecule has 0 aliphatic carbocycles. The third-order valence-corrected chi connectivity index (χ3v) is 2.49. The first kappa shape index (κ1) is 12.9.